The second-order valence-electron chi connectivity index (χ2n) is 4.77. The van der Waals surface area contributed by atoms with E-state index in [1.807, 2.05) is 25.1 Å². The number of hydrogen-bond acceptors (Lipinski definition) is 3. The van der Waals surface area contributed by atoms with Gasteiger partial charge in [-0.3, -0.25) is 4.21 Å². The van der Waals surface area contributed by atoms with Crippen molar-refractivity contribution in [1.82, 2.24) is 9.55 Å². The van der Waals surface area contributed by atoms with Gasteiger partial charge in [0, 0.05) is 34.9 Å². The number of methoxy groups -OCH3 is 1. The molecule has 0 aliphatic heterocycles. The zero-order chi connectivity index (χ0) is 14.7. The number of rotatable bonds is 6. The Bertz CT molecular complexity index is 627. The number of aryl methyl sites for hydroxylation is 1. The highest BCUT2D eigenvalue weighted by Gasteiger charge is 2.13. The maximum absolute atomic E-state index is 11.4. The summed E-state index contributed by atoms with van der Waals surface area (Å²) in [4.78, 5) is 4.54. The fourth-order valence-electron chi connectivity index (χ4n) is 2.11. The van der Waals surface area contributed by atoms with Crippen LogP contribution in [0.5, 0.6) is 5.75 Å². The van der Waals surface area contributed by atoms with E-state index in [1.54, 1.807) is 13.4 Å². The molecule has 1 heterocycles. The largest absolute Gasteiger partial charge is 0.497 e. The first-order chi connectivity index (χ1) is 9.56. The Hall–Kier alpha value is -1.07. The molecule has 2 atom stereocenters. The summed E-state index contributed by atoms with van der Waals surface area (Å²) in [6.07, 6.45) is 2.58. The van der Waals surface area contributed by atoms with Crippen molar-refractivity contribution in [2.24, 2.45) is 0 Å². The van der Waals surface area contributed by atoms with Crippen molar-refractivity contribution in [2.75, 3.05) is 13.4 Å². The number of fused-ring (bicyclic) bond motifs is 1. The van der Waals surface area contributed by atoms with Crippen molar-refractivity contribution in [3.05, 3.63) is 24.0 Å². The van der Waals surface area contributed by atoms with Gasteiger partial charge >= 0.3 is 0 Å². The zero-order valence-corrected chi connectivity index (χ0v) is 13.5. The Balaban J connectivity index is 2.33. The van der Waals surface area contributed by atoms with Crippen LogP contribution in [0.4, 0.5) is 0 Å². The first-order valence-electron chi connectivity index (χ1n) is 6.48. The topological polar surface area (TPSA) is 44.1 Å². The highest BCUT2D eigenvalue weighted by atomic mass is 35.5. The molecule has 0 fully saturated rings. The van der Waals surface area contributed by atoms with Gasteiger partial charge in [-0.05, 0) is 18.6 Å². The zero-order valence-electron chi connectivity index (χ0n) is 11.9. The van der Waals surface area contributed by atoms with E-state index in [-0.39, 0.29) is 5.25 Å². The molecule has 6 heteroatoms. The highest BCUT2D eigenvalue weighted by Crippen LogP contribution is 2.23. The molecule has 0 bridgehead atoms. The van der Waals surface area contributed by atoms with Crippen LogP contribution in [0.3, 0.4) is 0 Å². The Kier molecular flexibility index (Phi) is 5.05. The molecule has 0 saturated heterocycles. The van der Waals surface area contributed by atoms with Crippen molar-refractivity contribution in [1.29, 1.82) is 0 Å². The molecule has 0 aliphatic rings. The van der Waals surface area contributed by atoms with E-state index in [4.69, 9.17) is 16.3 Å². The fraction of sp³-hybridized carbons (Fsp3) is 0.500. The van der Waals surface area contributed by atoms with Gasteiger partial charge in [-0.2, -0.15) is 0 Å². The molecule has 2 aromatic rings. The summed E-state index contributed by atoms with van der Waals surface area (Å²) in [6, 6.07) is 5.81. The normalized spacial score (nSPS) is 14.4. The van der Waals surface area contributed by atoms with E-state index >= 15 is 0 Å². The first-order valence-corrected chi connectivity index (χ1v) is 8.63. The van der Waals surface area contributed by atoms with E-state index in [9.17, 15) is 4.21 Å². The van der Waals surface area contributed by atoms with Gasteiger partial charge in [0.1, 0.15) is 11.6 Å². The van der Waals surface area contributed by atoms with Crippen molar-refractivity contribution >= 4 is 33.4 Å². The summed E-state index contributed by atoms with van der Waals surface area (Å²) in [6.45, 7) is 2.77. The first kappa shape index (κ1) is 15.3. The number of imidazole rings is 1. The predicted octanol–water partition coefficient (Wildman–Crippen LogP) is 2.94. The Morgan fingerprint density at radius 1 is 1.50 bits per heavy atom. The van der Waals surface area contributed by atoms with Gasteiger partial charge < -0.3 is 9.30 Å². The lowest BCUT2D eigenvalue weighted by atomic mass is 10.3. The van der Waals surface area contributed by atoms with Crippen molar-refractivity contribution in [3.8, 4) is 5.75 Å². The molecule has 0 saturated carbocycles. The van der Waals surface area contributed by atoms with Crippen LogP contribution in [0, 0.1) is 0 Å². The fourth-order valence-corrected chi connectivity index (χ4v) is 2.76. The molecule has 0 amide bonds. The highest BCUT2D eigenvalue weighted by molar-refractivity contribution is 7.84. The molecule has 1 aromatic heterocycles. The number of hydrogen-bond donors (Lipinski definition) is 0. The average Bonchev–Trinajstić information content (AvgIpc) is 2.81. The third kappa shape index (κ3) is 3.15. The molecular weight excluding hydrogens is 296 g/mol. The third-order valence-electron chi connectivity index (χ3n) is 3.48. The lowest BCUT2D eigenvalue weighted by molar-refractivity contribution is 0.415. The average molecular weight is 315 g/mol. The van der Waals surface area contributed by atoms with Crippen LogP contribution < -0.4 is 4.74 Å². The molecule has 0 N–H and O–H groups in total. The van der Waals surface area contributed by atoms with Crippen LogP contribution in [0.1, 0.15) is 19.2 Å². The number of aromatic nitrogens is 2. The van der Waals surface area contributed by atoms with E-state index in [2.05, 4.69) is 9.55 Å². The van der Waals surface area contributed by atoms with Crippen LogP contribution in [0.25, 0.3) is 11.0 Å². The Morgan fingerprint density at radius 3 is 2.85 bits per heavy atom. The molecule has 4 nitrogen and oxygen atoms in total. The second-order valence-corrected chi connectivity index (χ2v) is 6.84. The molecule has 1 aromatic carbocycles. The van der Waals surface area contributed by atoms with Gasteiger partial charge in [0.25, 0.3) is 0 Å². The number of benzene rings is 1. The number of halogens is 1. The van der Waals surface area contributed by atoms with Gasteiger partial charge in [0.2, 0.25) is 0 Å². The van der Waals surface area contributed by atoms with Crippen LogP contribution >= 0.6 is 11.6 Å². The van der Waals surface area contributed by atoms with E-state index < -0.39 is 10.8 Å². The van der Waals surface area contributed by atoms with Crippen LogP contribution in [-0.2, 0) is 23.2 Å². The molecule has 0 spiro atoms. The van der Waals surface area contributed by atoms with Gasteiger partial charge in [-0.15, -0.1) is 11.6 Å². The minimum Gasteiger partial charge on any atom is -0.497 e. The number of nitrogens with zero attached hydrogens (tertiary/aromatic N) is 2. The molecule has 0 radical (unpaired) electrons. The number of ether oxygens (including phenoxy) is 1. The monoisotopic (exact) mass is 314 g/mol. The number of alkyl halides is 1. The van der Waals surface area contributed by atoms with Crippen LogP contribution in [-0.4, -0.2) is 32.4 Å². The van der Waals surface area contributed by atoms with Crippen molar-refractivity contribution in [2.45, 2.75) is 31.0 Å². The van der Waals surface area contributed by atoms with Crippen LogP contribution in [0.2, 0.25) is 0 Å². The molecule has 2 rings (SSSR count). The van der Waals surface area contributed by atoms with E-state index in [0.717, 1.165) is 35.6 Å². The summed E-state index contributed by atoms with van der Waals surface area (Å²) >= 11 is 5.98. The Labute approximate surface area is 126 Å². The minimum atomic E-state index is -0.806. The van der Waals surface area contributed by atoms with Gasteiger partial charge in [-0.25, -0.2) is 4.98 Å². The van der Waals surface area contributed by atoms with Crippen LogP contribution in [0.15, 0.2) is 18.2 Å². The molecular formula is C14H19ClN2O2S. The Morgan fingerprint density at radius 2 is 2.25 bits per heavy atom. The van der Waals surface area contributed by atoms with Gasteiger partial charge in [0.15, 0.2) is 0 Å². The quantitative estimate of drug-likeness (QED) is 0.770. The molecule has 110 valence electrons. The maximum Gasteiger partial charge on any atom is 0.124 e. The summed E-state index contributed by atoms with van der Waals surface area (Å²) in [5.74, 6) is 1.98. The minimum absolute atomic E-state index is 0.161. The third-order valence-corrected chi connectivity index (χ3v) is 5.09. The van der Waals surface area contributed by atoms with Crippen molar-refractivity contribution in [3.63, 3.8) is 0 Å². The van der Waals surface area contributed by atoms with Crippen molar-refractivity contribution < 1.29 is 8.95 Å². The van der Waals surface area contributed by atoms with E-state index in [0.29, 0.717) is 5.88 Å². The summed E-state index contributed by atoms with van der Waals surface area (Å²) in [5, 5.41) is 0.161. The summed E-state index contributed by atoms with van der Waals surface area (Å²) < 4.78 is 18.8. The molecule has 2 unspecified atom stereocenters. The van der Waals surface area contributed by atoms with E-state index in [1.165, 1.54) is 0 Å². The predicted molar refractivity (Wildman–Crippen MR) is 84.0 cm³/mol. The van der Waals surface area contributed by atoms with Gasteiger partial charge in [0.05, 0.1) is 24.0 Å². The molecule has 0 aliphatic carbocycles. The lowest BCUT2D eigenvalue weighted by Gasteiger charge is -2.11. The standard InChI is InChI=1S/C14H19ClN2O2S/c1-10(20(3)18)6-7-17-13-5-4-11(19-2)8-12(13)16-14(17)9-15/h4-5,8,10H,6-7,9H2,1-3H3. The maximum atomic E-state index is 11.4. The second kappa shape index (κ2) is 6.59. The smallest absolute Gasteiger partial charge is 0.124 e. The molecule has 20 heavy (non-hydrogen) atoms. The lowest BCUT2D eigenvalue weighted by Crippen LogP contribution is -2.13. The van der Waals surface area contributed by atoms with Gasteiger partial charge in [-0.1, -0.05) is 6.92 Å². The summed E-state index contributed by atoms with van der Waals surface area (Å²) in [7, 11) is 0.832. The SMILES string of the molecule is COc1ccc2c(c1)nc(CCl)n2CCC(C)S(C)=O. The summed E-state index contributed by atoms with van der Waals surface area (Å²) in [5.41, 5.74) is 1.92.